The average Bonchev–Trinajstić information content (AvgIpc) is 3.32. The first-order chi connectivity index (χ1) is 14.3. The number of aromatic nitrogens is 1. The van der Waals surface area contributed by atoms with Crippen molar-refractivity contribution in [1.82, 2.24) is 9.88 Å². The maximum atomic E-state index is 11.8. The first-order valence-electron chi connectivity index (χ1n) is 9.99. The van der Waals surface area contributed by atoms with E-state index >= 15 is 0 Å². The fraction of sp³-hybridized carbons (Fsp3) is 0.250. The molecule has 1 unspecified atom stereocenters. The molecule has 1 N–H and O–H groups in total. The molecule has 2 aromatic carbocycles. The van der Waals surface area contributed by atoms with Crippen molar-refractivity contribution in [3.63, 3.8) is 0 Å². The minimum Gasteiger partial charge on any atom is -0.358 e. The second-order valence-electron chi connectivity index (χ2n) is 8.32. The summed E-state index contributed by atoms with van der Waals surface area (Å²) in [6.07, 6.45) is 1.25. The summed E-state index contributed by atoms with van der Waals surface area (Å²) in [5, 5.41) is 3.45. The summed E-state index contributed by atoms with van der Waals surface area (Å²) in [7, 11) is -1.01. The summed E-state index contributed by atoms with van der Waals surface area (Å²) in [5.74, 6) is 0.252. The van der Waals surface area contributed by atoms with Gasteiger partial charge in [-0.25, -0.2) is 8.42 Å². The van der Waals surface area contributed by atoms with Gasteiger partial charge in [-0.3, -0.25) is 0 Å². The molecule has 6 heteroatoms. The zero-order valence-electron chi connectivity index (χ0n) is 17.3. The number of sulfone groups is 1. The average molecular weight is 437 g/mol. The molecule has 1 aliphatic heterocycles. The molecule has 0 saturated carbocycles. The van der Waals surface area contributed by atoms with E-state index in [4.69, 9.17) is 0 Å². The van der Waals surface area contributed by atoms with E-state index in [1.54, 1.807) is 23.5 Å². The lowest BCUT2D eigenvalue weighted by molar-refractivity contribution is 0.295. The molecule has 4 aromatic rings. The van der Waals surface area contributed by atoms with Gasteiger partial charge in [-0.15, -0.1) is 11.3 Å². The highest BCUT2D eigenvalue weighted by molar-refractivity contribution is 7.90. The van der Waals surface area contributed by atoms with Crippen LogP contribution in [0.15, 0.2) is 58.8 Å². The largest absolute Gasteiger partial charge is 0.358 e. The molecule has 0 amide bonds. The molecule has 0 bridgehead atoms. The van der Waals surface area contributed by atoms with Crippen molar-refractivity contribution in [2.24, 2.45) is 0 Å². The molecule has 3 heterocycles. The number of aromatic amines is 1. The molecular weight excluding hydrogens is 412 g/mol. The van der Waals surface area contributed by atoms with Crippen LogP contribution in [0.2, 0.25) is 0 Å². The predicted molar refractivity (Wildman–Crippen MR) is 124 cm³/mol. The van der Waals surface area contributed by atoms with Crippen LogP contribution in [0.1, 0.15) is 28.3 Å². The van der Waals surface area contributed by atoms with E-state index in [1.807, 2.05) is 12.1 Å². The highest BCUT2D eigenvalue weighted by atomic mass is 32.2. The van der Waals surface area contributed by atoms with Crippen molar-refractivity contribution < 1.29 is 8.42 Å². The topological polar surface area (TPSA) is 53.2 Å². The molecule has 2 aromatic heterocycles. The number of hydrogen-bond acceptors (Lipinski definition) is 4. The van der Waals surface area contributed by atoms with E-state index in [0.29, 0.717) is 4.90 Å². The number of H-pyrrole nitrogens is 1. The third-order valence-electron chi connectivity index (χ3n) is 5.98. The number of fused-ring (bicyclic) bond motifs is 3. The van der Waals surface area contributed by atoms with Crippen LogP contribution < -0.4 is 0 Å². The first kappa shape index (κ1) is 19.5. The second-order valence-corrected chi connectivity index (χ2v) is 11.2. The molecule has 4 nitrogen and oxygen atoms in total. The standard InChI is InChI=1S/C24H24N2O2S2/c1-15-4-9-22-19(12-15)21-14-26(2)13-20(23(21)25-22)18-10-11-29-24(18)16-5-7-17(8-6-16)30(3,27)28/h4-12,20,25H,13-14H2,1-3H3. The number of nitrogens with zero attached hydrogens (tertiary/aromatic N) is 1. The maximum absolute atomic E-state index is 11.8. The van der Waals surface area contributed by atoms with Crippen LogP contribution in [0.5, 0.6) is 0 Å². The van der Waals surface area contributed by atoms with Gasteiger partial charge >= 0.3 is 0 Å². The second kappa shape index (κ2) is 7.08. The highest BCUT2D eigenvalue weighted by Gasteiger charge is 2.30. The fourth-order valence-electron chi connectivity index (χ4n) is 4.52. The van der Waals surface area contributed by atoms with Crippen LogP contribution in [0, 0.1) is 6.92 Å². The lowest BCUT2D eigenvalue weighted by Crippen LogP contribution is -2.30. The Morgan fingerprint density at radius 1 is 1.10 bits per heavy atom. The molecule has 0 aliphatic carbocycles. The van der Waals surface area contributed by atoms with Gasteiger partial charge in [0.25, 0.3) is 0 Å². The minimum atomic E-state index is -3.19. The summed E-state index contributed by atoms with van der Waals surface area (Å²) in [5.41, 5.74) is 7.52. The molecule has 30 heavy (non-hydrogen) atoms. The SMILES string of the molecule is Cc1ccc2[nH]c3c(c2c1)CN(C)CC3c1ccsc1-c1ccc(S(C)(=O)=O)cc1. The summed E-state index contributed by atoms with van der Waals surface area (Å²) < 4.78 is 23.6. The Bertz CT molecular complexity index is 1350. The van der Waals surface area contributed by atoms with Gasteiger partial charge in [-0.2, -0.15) is 0 Å². The van der Waals surface area contributed by atoms with Gasteiger partial charge in [0, 0.05) is 46.7 Å². The highest BCUT2D eigenvalue weighted by Crippen LogP contribution is 2.42. The van der Waals surface area contributed by atoms with Gasteiger partial charge in [0.2, 0.25) is 0 Å². The summed E-state index contributed by atoms with van der Waals surface area (Å²) in [6.45, 7) is 4.03. The minimum absolute atomic E-state index is 0.252. The van der Waals surface area contributed by atoms with Crippen molar-refractivity contribution >= 4 is 32.1 Å². The van der Waals surface area contributed by atoms with E-state index < -0.39 is 9.84 Å². The van der Waals surface area contributed by atoms with Crippen molar-refractivity contribution in [3.05, 3.63) is 76.3 Å². The predicted octanol–water partition coefficient (Wildman–Crippen LogP) is 5.19. The Morgan fingerprint density at radius 2 is 1.87 bits per heavy atom. The van der Waals surface area contributed by atoms with Crippen LogP contribution in [-0.4, -0.2) is 38.1 Å². The Kier molecular flexibility index (Phi) is 4.61. The zero-order chi connectivity index (χ0) is 21.0. The Labute approximate surface area is 181 Å². The first-order valence-corrected chi connectivity index (χ1v) is 12.8. The number of benzene rings is 2. The Morgan fingerprint density at radius 3 is 2.60 bits per heavy atom. The monoisotopic (exact) mass is 436 g/mol. The van der Waals surface area contributed by atoms with Gasteiger partial charge in [0.05, 0.1) is 4.90 Å². The summed E-state index contributed by atoms with van der Waals surface area (Å²) in [4.78, 5) is 7.66. The number of likely N-dealkylation sites (N-methyl/N-ethyl adjacent to an activating group) is 1. The van der Waals surface area contributed by atoms with Crippen molar-refractivity contribution in [1.29, 1.82) is 0 Å². The molecule has 0 saturated heterocycles. The molecule has 1 atom stereocenters. The molecule has 5 rings (SSSR count). The lowest BCUT2D eigenvalue weighted by Gasteiger charge is -2.30. The third kappa shape index (κ3) is 3.29. The Balaban J connectivity index is 1.62. The van der Waals surface area contributed by atoms with E-state index in [2.05, 4.69) is 53.5 Å². The summed E-state index contributed by atoms with van der Waals surface area (Å²) in [6, 6.07) is 16.1. The van der Waals surface area contributed by atoms with Gasteiger partial charge in [-0.1, -0.05) is 23.8 Å². The Hall–Kier alpha value is -2.41. The van der Waals surface area contributed by atoms with Crippen LogP contribution in [0.25, 0.3) is 21.3 Å². The fourth-order valence-corrected chi connectivity index (χ4v) is 6.12. The number of thiophene rings is 1. The quantitative estimate of drug-likeness (QED) is 0.481. The summed E-state index contributed by atoms with van der Waals surface area (Å²) >= 11 is 1.71. The lowest BCUT2D eigenvalue weighted by atomic mass is 9.88. The van der Waals surface area contributed by atoms with E-state index in [-0.39, 0.29) is 5.92 Å². The van der Waals surface area contributed by atoms with E-state index in [1.165, 1.54) is 44.4 Å². The van der Waals surface area contributed by atoms with Gasteiger partial charge in [0.15, 0.2) is 9.84 Å². The molecular formula is C24H24N2O2S2. The van der Waals surface area contributed by atoms with E-state index in [0.717, 1.165) is 18.7 Å². The number of hydrogen-bond donors (Lipinski definition) is 1. The van der Waals surface area contributed by atoms with Gasteiger partial charge in [-0.05, 0) is 66.4 Å². The molecule has 0 spiro atoms. The smallest absolute Gasteiger partial charge is 0.175 e. The van der Waals surface area contributed by atoms with Crippen molar-refractivity contribution in [3.8, 4) is 10.4 Å². The molecule has 154 valence electrons. The normalized spacial score (nSPS) is 17.4. The number of nitrogens with one attached hydrogen (secondary N) is 1. The molecule has 0 fully saturated rings. The maximum Gasteiger partial charge on any atom is 0.175 e. The van der Waals surface area contributed by atoms with Crippen LogP contribution in [0.3, 0.4) is 0 Å². The number of rotatable bonds is 3. The van der Waals surface area contributed by atoms with E-state index in [9.17, 15) is 8.42 Å². The number of aryl methyl sites for hydroxylation is 1. The van der Waals surface area contributed by atoms with Crippen molar-refractivity contribution in [2.45, 2.75) is 24.3 Å². The molecule has 0 radical (unpaired) electrons. The van der Waals surface area contributed by atoms with Crippen LogP contribution >= 0.6 is 11.3 Å². The van der Waals surface area contributed by atoms with Crippen LogP contribution in [0.4, 0.5) is 0 Å². The van der Waals surface area contributed by atoms with Gasteiger partial charge < -0.3 is 9.88 Å². The zero-order valence-corrected chi connectivity index (χ0v) is 18.9. The molecule has 1 aliphatic rings. The van der Waals surface area contributed by atoms with Gasteiger partial charge in [0.1, 0.15) is 0 Å². The van der Waals surface area contributed by atoms with Crippen LogP contribution in [-0.2, 0) is 16.4 Å². The third-order valence-corrected chi connectivity index (χ3v) is 8.09. The van der Waals surface area contributed by atoms with Crippen molar-refractivity contribution in [2.75, 3.05) is 19.8 Å².